The maximum Gasteiger partial charge on any atom is 0.209 e. The Balaban J connectivity index is 2.04. The summed E-state index contributed by atoms with van der Waals surface area (Å²) in [5.74, 6) is 0.839. The summed E-state index contributed by atoms with van der Waals surface area (Å²) in [6, 6.07) is 0. The van der Waals surface area contributed by atoms with Crippen molar-refractivity contribution in [2.75, 3.05) is 18.0 Å². The van der Waals surface area contributed by atoms with Crippen LogP contribution in [0.3, 0.4) is 0 Å². The number of hydrogen-bond donors (Lipinski definition) is 0. The van der Waals surface area contributed by atoms with Crippen molar-refractivity contribution in [1.29, 1.82) is 0 Å². The van der Waals surface area contributed by atoms with Gasteiger partial charge in [0.15, 0.2) is 3.92 Å². The van der Waals surface area contributed by atoms with Crippen LogP contribution in [0.5, 0.6) is 0 Å². The molecule has 1 aliphatic rings. The number of hydrogen-bond acceptors (Lipinski definition) is 4. The van der Waals surface area contributed by atoms with Crippen molar-refractivity contribution in [2.24, 2.45) is 5.92 Å². The Labute approximate surface area is 96.7 Å². The molecular weight excluding hydrogens is 262 g/mol. The third kappa shape index (κ3) is 2.25. The molecule has 1 aliphatic heterocycles. The van der Waals surface area contributed by atoms with Crippen molar-refractivity contribution in [2.45, 2.75) is 26.2 Å². The van der Waals surface area contributed by atoms with Crippen LogP contribution in [0.15, 0.2) is 3.92 Å². The Hall–Kier alpha value is -0.160. The molecule has 0 spiro atoms. The van der Waals surface area contributed by atoms with Crippen molar-refractivity contribution in [3.63, 3.8) is 0 Å². The van der Waals surface area contributed by atoms with E-state index in [2.05, 4.69) is 38.0 Å². The zero-order chi connectivity index (χ0) is 9.97. The molecule has 2 rings (SSSR count). The fraction of sp³-hybridized carbons (Fsp3) is 0.778. The summed E-state index contributed by atoms with van der Waals surface area (Å²) in [6.45, 7) is 4.56. The molecule has 1 atom stereocenters. The van der Waals surface area contributed by atoms with E-state index in [1.807, 2.05) is 0 Å². The fourth-order valence-electron chi connectivity index (χ4n) is 1.90. The quantitative estimate of drug-likeness (QED) is 0.831. The van der Waals surface area contributed by atoms with E-state index in [1.165, 1.54) is 19.3 Å². The third-order valence-electron chi connectivity index (χ3n) is 2.76. The molecule has 78 valence electrons. The molecule has 14 heavy (non-hydrogen) atoms. The predicted molar refractivity (Wildman–Crippen MR) is 62.8 cm³/mol. The number of nitrogens with zero attached hydrogens (tertiary/aromatic N) is 3. The Morgan fingerprint density at radius 3 is 3.07 bits per heavy atom. The molecule has 0 saturated carbocycles. The maximum absolute atomic E-state index is 4.16. The zero-order valence-electron chi connectivity index (χ0n) is 8.24. The van der Waals surface area contributed by atoms with Crippen LogP contribution in [0, 0.1) is 5.92 Å². The molecule has 0 aromatic carbocycles. The van der Waals surface area contributed by atoms with Gasteiger partial charge in [-0.2, -0.15) is 0 Å². The van der Waals surface area contributed by atoms with E-state index in [9.17, 15) is 0 Å². The SMILES string of the molecule is CCC1CCCN(c2nnc(Br)s2)C1. The van der Waals surface area contributed by atoms with Crippen LogP contribution in [0.4, 0.5) is 5.13 Å². The average Bonchev–Trinajstić information content (AvgIpc) is 2.65. The monoisotopic (exact) mass is 275 g/mol. The molecule has 1 aromatic rings. The van der Waals surface area contributed by atoms with Gasteiger partial charge in [-0.3, -0.25) is 0 Å². The maximum atomic E-state index is 4.16. The Morgan fingerprint density at radius 2 is 2.43 bits per heavy atom. The van der Waals surface area contributed by atoms with Crippen molar-refractivity contribution < 1.29 is 0 Å². The molecular formula is C9H14BrN3S. The lowest BCUT2D eigenvalue weighted by Gasteiger charge is -2.31. The Morgan fingerprint density at radius 1 is 1.57 bits per heavy atom. The Bertz CT molecular complexity index is 302. The van der Waals surface area contributed by atoms with Crippen LogP contribution in [0.25, 0.3) is 0 Å². The summed E-state index contributed by atoms with van der Waals surface area (Å²) >= 11 is 4.98. The largest absolute Gasteiger partial charge is 0.346 e. The van der Waals surface area contributed by atoms with Gasteiger partial charge >= 0.3 is 0 Å². The topological polar surface area (TPSA) is 29.0 Å². The van der Waals surface area contributed by atoms with Crippen molar-refractivity contribution in [3.05, 3.63) is 3.92 Å². The highest BCUT2D eigenvalue weighted by molar-refractivity contribution is 9.11. The van der Waals surface area contributed by atoms with Gasteiger partial charge < -0.3 is 4.90 Å². The molecule has 0 bridgehead atoms. The van der Waals surface area contributed by atoms with Gasteiger partial charge in [-0.05, 0) is 34.7 Å². The highest BCUT2D eigenvalue weighted by atomic mass is 79.9. The molecule has 0 aliphatic carbocycles. The lowest BCUT2D eigenvalue weighted by atomic mass is 9.96. The number of halogens is 1. The minimum atomic E-state index is 0.839. The fourth-order valence-corrected chi connectivity index (χ4v) is 3.02. The van der Waals surface area contributed by atoms with Crippen LogP contribution >= 0.6 is 27.3 Å². The molecule has 0 radical (unpaired) electrons. The molecule has 2 heterocycles. The smallest absolute Gasteiger partial charge is 0.209 e. The van der Waals surface area contributed by atoms with E-state index in [0.29, 0.717) is 0 Å². The van der Waals surface area contributed by atoms with Gasteiger partial charge in [-0.25, -0.2) is 0 Å². The van der Waals surface area contributed by atoms with E-state index in [1.54, 1.807) is 11.3 Å². The molecule has 1 fully saturated rings. The van der Waals surface area contributed by atoms with Gasteiger partial charge in [0.2, 0.25) is 5.13 Å². The first-order valence-electron chi connectivity index (χ1n) is 5.03. The summed E-state index contributed by atoms with van der Waals surface area (Å²) in [7, 11) is 0. The first-order chi connectivity index (χ1) is 6.79. The minimum absolute atomic E-state index is 0.839. The van der Waals surface area contributed by atoms with E-state index in [4.69, 9.17) is 0 Å². The first kappa shape index (κ1) is 10.4. The number of anilines is 1. The molecule has 1 saturated heterocycles. The van der Waals surface area contributed by atoms with E-state index in [-0.39, 0.29) is 0 Å². The van der Waals surface area contributed by atoms with Gasteiger partial charge in [0, 0.05) is 13.1 Å². The van der Waals surface area contributed by atoms with Crippen LogP contribution in [-0.2, 0) is 0 Å². The summed E-state index contributed by atoms with van der Waals surface area (Å²) in [5, 5.41) is 9.21. The van der Waals surface area contributed by atoms with Gasteiger partial charge in [-0.15, -0.1) is 10.2 Å². The van der Waals surface area contributed by atoms with Crippen molar-refractivity contribution in [3.8, 4) is 0 Å². The van der Waals surface area contributed by atoms with Crippen LogP contribution in [0.2, 0.25) is 0 Å². The summed E-state index contributed by atoms with van der Waals surface area (Å²) in [5.41, 5.74) is 0. The summed E-state index contributed by atoms with van der Waals surface area (Å²) < 4.78 is 0.881. The van der Waals surface area contributed by atoms with Crippen LogP contribution < -0.4 is 4.90 Å². The van der Waals surface area contributed by atoms with Crippen molar-refractivity contribution in [1.82, 2.24) is 10.2 Å². The second-order valence-electron chi connectivity index (χ2n) is 3.70. The number of piperidine rings is 1. The average molecular weight is 276 g/mol. The minimum Gasteiger partial charge on any atom is -0.346 e. The lowest BCUT2D eigenvalue weighted by Crippen LogP contribution is -2.35. The highest BCUT2D eigenvalue weighted by Crippen LogP contribution is 2.28. The Kier molecular flexibility index (Phi) is 3.38. The second-order valence-corrected chi connectivity index (χ2v) is 5.93. The molecule has 0 amide bonds. The molecule has 5 heteroatoms. The second kappa shape index (κ2) is 4.57. The van der Waals surface area contributed by atoms with E-state index >= 15 is 0 Å². The molecule has 0 N–H and O–H groups in total. The standard InChI is InChI=1S/C9H14BrN3S/c1-2-7-4-3-5-13(6-7)9-12-11-8(10)14-9/h7H,2-6H2,1H3. The van der Waals surface area contributed by atoms with Gasteiger partial charge in [0.25, 0.3) is 0 Å². The number of rotatable bonds is 2. The van der Waals surface area contributed by atoms with Crippen molar-refractivity contribution >= 4 is 32.4 Å². The van der Waals surface area contributed by atoms with Gasteiger partial charge in [-0.1, -0.05) is 24.7 Å². The highest BCUT2D eigenvalue weighted by Gasteiger charge is 2.20. The van der Waals surface area contributed by atoms with Crippen LogP contribution in [0.1, 0.15) is 26.2 Å². The lowest BCUT2D eigenvalue weighted by molar-refractivity contribution is 0.404. The van der Waals surface area contributed by atoms with Crippen LogP contribution in [-0.4, -0.2) is 23.3 Å². The number of aromatic nitrogens is 2. The van der Waals surface area contributed by atoms with E-state index in [0.717, 1.165) is 28.1 Å². The first-order valence-corrected chi connectivity index (χ1v) is 6.64. The van der Waals surface area contributed by atoms with Gasteiger partial charge in [0.1, 0.15) is 0 Å². The summed E-state index contributed by atoms with van der Waals surface area (Å²) in [4.78, 5) is 2.36. The van der Waals surface area contributed by atoms with Gasteiger partial charge in [0.05, 0.1) is 0 Å². The predicted octanol–water partition coefficient (Wildman–Crippen LogP) is 2.93. The molecule has 1 aromatic heterocycles. The normalized spacial score (nSPS) is 22.7. The summed E-state index contributed by atoms with van der Waals surface area (Å²) in [6.07, 6.45) is 3.93. The third-order valence-corrected chi connectivity index (χ3v) is 4.17. The zero-order valence-corrected chi connectivity index (χ0v) is 10.6. The molecule has 3 nitrogen and oxygen atoms in total. The van der Waals surface area contributed by atoms with E-state index < -0.39 is 0 Å². The molecule has 1 unspecified atom stereocenters.